The Hall–Kier alpha value is -2.84. The summed E-state index contributed by atoms with van der Waals surface area (Å²) >= 11 is 1.66. The van der Waals surface area contributed by atoms with Crippen LogP contribution in [0.15, 0.2) is 60.7 Å². The fourth-order valence-electron chi connectivity index (χ4n) is 6.95. The fourth-order valence-corrected chi connectivity index (χ4v) is 9.16. The van der Waals surface area contributed by atoms with Gasteiger partial charge in [0.05, 0.1) is 29.2 Å². The van der Waals surface area contributed by atoms with Gasteiger partial charge in [-0.1, -0.05) is 74.0 Å². The molecule has 3 saturated heterocycles. The number of carbonyl (C=O) groups excluding carboxylic acids is 3. The number of aliphatic hydroxyl groups excluding tert-OH is 1. The first kappa shape index (κ1) is 27.7. The monoisotopic (exact) mass is 549 g/mol. The van der Waals surface area contributed by atoms with Crippen molar-refractivity contribution in [2.75, 3.05) is 6.61 Å². The summed E-state index contributed by atoms with van der Waals surface area (Å²) in [6.45, 7) is 4.22. The number of amides is 3. The molecule has 3 unspecified atom stereocenters. The average Bonchev–Trinajstić information content (AvgIpc) is 3.59. The Morgan fingerprint density at radius 2 is 1.74 bits per heavy atom. The third-order valence-corrected chi connectivity index (χ3v) is 10.6. The maximum atomic E-state index is 14.3. The molecule has 0 radical (unpaired) electrons. The van der Waals surface area contributed by atoms with Crippen molar-refractivity contribution in [1.82, 2.24) is 15.5 Å². The van der Waals surface area contributed by atoms with Gasteiger partial charge < -0.3 is 20.6 Å². The van der Waals surface area contributed by atoms with Gasteiger partial charge in [-0.15, -0.1) is 11.8 Å². The standard InChI is InChI=1S/C31H39N3O4S/c1-3-10-20(2)33-29(37)27-31-16-15-24(39-31)25(28(36)32-18-22-13-8-5-9-14-22)26(31)30(38)34(27)23(19-35)17-21-11-6-4-7-12-21/h4-9,11-14,20,23-27,35H,3,10,15-19H2,1-2H3,(H,32,36)(H,33,37)/t20?,23-,24+,25-,26+,27?,31?/m1/s1. The Bertz CT molecular complexity index is 1180. The van der Waals surface area contributed by atoms with Crippen molar-refractivity contribution < 1.29 is 19.5 Å². The summed E-state index contributed by atoms with van der Waals surface area (Å²) in [4.78, 5) is 43.6. The van der Waals surface area contributed by atoms with E-state index in [2.05, 4.69) is 17.6 Å². The predicted octanol–water partition coefficient (Wildman–Crippen LogP) is 3.30. The average molecular weight is 550 g/mol. The molecule has 5 rings (SSSR count). The second-order valence-electron chi connectivity index (χ2n) is 11.2. The van der Waals surface area contributed by atoms with E-state index in [0.717, 1.165) is 30.4 Å². The van der Waals surface area contributed by atoms with Crippen LogP contribution >= 0.6 is 11.8 Å². The molecule has 3 aliphatic heterocycles. The highest BCUT2D eigenvalue weighted by atomic mass is 32.2. The van der Waals surface area contributed by atoms with Gasteiger partial charge in [0.1, 0.15) is 6.04 Å². The molecule has 3 fully saturated rings. The van der Waals surface area contributed by atoms with Crippen LogP contribution in [0, 0.1) is 11.8 Å². The number of hydrogen-bond donors (Lipinski definition) is 3. The minimum absolute atomic E-state index is 0.00179. The number of nitrogens with zero attached hydrogens (tertiary/aromatic N) is 1. The van der Waals surface area contributed by atoms with Crippen molar-refractivity contribution in [3.8, 4) is 0 Å². The quantitative estimate of drug-likeness (QED) is 0.400. The van der Waals surface area contributed by atoms with E-state index in [1.807, 2.05) is 67.6 Å². The van der Waals surface area contributed by atoms with Gasteiger partial charge in [-0.25, -0.2) is 0 Å². The Balaban J connectivity index is 1.46. The van der Waals surface area contributed by atoms with Crippen LogP contribution in [0.2, 0.25) is 0 Å². The number of rotatable bonds is 11. The minimum Gasteiger partial charge on any atom is -0.394 e. The summed E-state index contributed by atoms with van der Waals surface area (Å²) in [7, 11) is 0. The van der Waals surface area contributed by atoms with Gasteiger partial charge in [-0.05, 0) is 43.7 Å². The molecule has 8 heteroatoms. The Labute approximate surface area is 235 Å². The number of aliphatic hydroxyl groups is 1. The van der Waals surface area contributed by atoms with E-state index >= 15 is 0 Å². The molecule has 2 aromatic rings. The lowest BCUT2D eigenvalue weighted by Crippen LogP contribution is -2.58. The van der Waals surface area contributed by atoms with Gasteiger partial charge in [0, 0.05) is 17.8 Å². The summed E-state index contributed by atoms with van der Waals surface area (Å²) in [6.07, 6.45) is 3.73. The molecule has 3 aliphatic rings. The van der Waals surface area contributed by atoms with Crippen LogP contribution in [0.25, 0.3) is 0 Å². The van der Waals surface area contributed by atoms with Gasteiger partial charge in [0.15, 0.2) is 0 Å². The zero-order valence-electron chi connectivity index (χ0n) is 22.7. The first-order valence-electron chi connectivity index (χ1n) is 14.2. The van der Waals surface area contributed by atoms with Crippen LogP contribution in [-0.2, 0) is 27.3 Å². The topological polar surface area (TPSA) is 98.7 Å². The molecule has 2 aromatic carbocycles. The Morgan fingerprint density at radius 3 is 2.38 bits per heavy atom. The minimum atomic E-state index is -0.725. The van der Waals surface area contributed by atoms with Crippen molar-refractivity contribution in [3.05, 3.63) is 71.8 Å². The lowest BCUT2D eigenvalue weighted by Gasteiger charge is -2.37. The third kappa shape index (κ3) is 5.21. The molecule has 7 atom stereocenters. The molecule has 39 heavy (non-hydrogen) atoms. The highest BCUT2D eigenvalue weighted by Gasteiger charge is 2.74. The predicted molar refractivity (Wildman–Crippen MR) is 153 cm³/mol. The van der Waals surface area contributed by atoms with Crippen molar-refractivity contribution in [3.63, 3.8) is 0 Å². The number of nitrogens with one attached hydrogen (secondary N) is 2. The van der Waals surface area contributed by atoms with E-state index in [0.29, 0.717) is 19.4 Å². The molecule has 0 saturated carbocycles. The highest BCUT2D eigenvalue weighted by Crippen LogP contribution is 2.66. The molecule has 0 aromatic heterocycles. The van der Waals surface area contributed by atoms with E-state index in [1.165, 1.54) is 0 Å². The lowest BCUT2D eigenvalue weighted by atomic mass is 9.70. The van der Waals surface area contributed by atoms with Crippen LogP contribution < -0.4 is 10.6 Å². The second-order valence-corrected chi connectivity index (χ2v) is 12.8. The van der Waals surface area contributed by atoms with E-state index < -0.39 is 28.7 Å². The van der Waals surface area contributed by atoms with Gasteiger partial charge in [-0.3, -0.25) is 14.4 Å². The van der Waals surface area contributed by atoms with E-state index in [1.54, 1.807) is 16.7 Å². The van der Waals surface area contributed by atoms with Crippen molar-refractivity contribution >= 4 is 29.5 Å². The zero-order valence-corrected chi connectivity index (χ0v) is 23.5. The summed E-state index contributed by atoms with van der Waals surface area (Å²) in [5, 5.41) is 16.8. The largest absolute Gasteiger partial charge is 0.394 e. The smallest absolute Gasteiger partial charge is 0.244 e. The van der Waals surface area contributed by atoms with Crippen LogP contribution in [0.3, 0.4) is 0 Å². The van der Waals surface area contributed by atoms with Gasteiger partial charge in [0.2, 0.25) is 17.7 Å². The van der Waals surface area contributed by atoms with Crippen molar-refractivity contribution in [1.29, 1.82) is 0 Å². The molecule has 7 nitrogen and oxygen atoms in total. The molecule has 1 spiro atoms. The van der Waals surface area contributed by atoms with Crippen LogP contribution in [0.1, 0.15) is 50.7 Å². The Kier molecular flexibility index (Phi) is 8.33. The molecular weight excluding hydrogens is 510 g/mol. The maximum absolute atomic E-state index is 14.3. The molecule has 3 amide bonds. The summed E-state index contributed by atoms with van der Waals surface area (Å²) in [5.41, 5.74) is 1.99. The number of likely N-dealkylation sites (tertiary alicyclic amines) is 1. The van der Waals surface area contributed by atoms with Crippen molar-refractivity contribution in [2.45, 2.75) is 80.6 Å². The van der Waals surface area contributed by atoms with Crippen molar-refractivity contribution in [2.24, 2.45) is 11.8 Å². The van der Waals surface area contributed by atoms with E-state index in [9.17, 15) is 19.5 Å². The Morgan fingerprint density at radius 1 is 1.08 bits per heavy atom. The second kappa shape index (κ2) is 11.7. The first-order chi connectivity index (χ1) is 18.9. The van der Waals surface area contributed by atoms with E-state index in [-0.39, 0.29) is 35.6 Å². The highest BCUT2D eigenvalue weighted by molar-refractivity contribution is 8.02. The van der Waals surface area contributed by atoms with Crippen LogP contribution in [0.5, 0.6) is 0 Å². The normalized spacial score (nSPS) is 28.7. The molecule has 3 heterocycles. The maximum Gasteiger partial charge on any atom is 0.244 e. The summed E-state index contributed by atoms with van der Waals surface area (Å²) in [5.74, 6) is -1.55. The number of thioether (sulfide) groups is 1. The molecular formula is C31H39N3O4S. The molecule has 2 bridgehead atoms. The summed E-state index contributed by atoms with van der Waals surface area (Å²) < 4.78 is -0.670. The number of benzene rings is 2. The van der Waals surface area contributed by atoms with Gasteiger partial charge in [0.25, 0.3) is 0 Å². The summed E-state index contributed by atoms with van der Waals surface area (Å²) in [6, 6.07) is 18.2. The third-order valence-electron chi connectivity index (χ3n) is 8.63. The van der Waals surface area contributed by atoms with Gasteiger partial charge >= 0.3 is 0 Å². The fraction of sp³-hybridized carbons (Fsp3) is 0.516. The molecule has 0 aliphatic carbocycles. The molecule has 208 valence electrons. The SMILES string of the molecule is CCCC(C)NC(=O)C1N([C@@H](CO)Cc2ccccc2)C(=O)[C@@H]2[C@H](C(=O)NCc3ccccc3)[C@@H]3CCC12S3. The van der Waals surface area contributed by atoms with E-state index in [4.69, 9.17) is 0 Å². The number of fused-ring (bicyclic) bond motifs is 1. The lowest BCUT2D eigenvalue weighted by molar-refractivity contribution is -0.142. The molecule has 3 N–H and O–H groups in total. The first-order valence-corrected chi connectivity index (χ1v) is 15.0. The van der Waals surface area contributed by atoms with Crippen LogP contribution in [-0.4, -0.2) is 62.5 Å². The zero-order chi connectivity index (χ0) is 27.6. The van der Waals surface area contributed by atoms with Crippen LogP contribution in [0.4, 0.5) is 0 Å². The van der Waals surface area contributed by atoms with Gasteiger partial charge in [-0.2, -0.15) is 0 Å². The number of carbonyl (C=O) groups is 3. The number of hydrogen-bond acceptors (Lipinski definition) is 5.